The highest BCUT2D eigenvalue weighted by molar-refractivity contribution is 5.93. The molecule has 28 heavy (non-hydrogen) atoms. The molecular weight excluding hydrogens is 354 g/mol. The van der Waals surface area contributed by atoms with Crippen molar-refractivity contribution in [2.45, 2.75) is 57.4 Å². The van der Waals surface area contributed by atoms with Crippen LogP contribution in [0.15, 0.2) is 16.9 Å². The van der Waals surface area contributed by atoms with Gasteiger partial charge in [0.25, 0.3) is 5.91 Å². The molecule has 3 heterocycles. The largest absolute Gasteiger partial charge is 0.350 e. The summed E-state index contributed by atoms with van der Waals surface area (Å²) in [4.78, 5) is 21.9. The van der Waals surface area contributed by atoms with Crippen molar-refractivity contribution in [1.29, 1.82) is 0 Å². The molecule has 4 rings (SSSR count). The average molecular weight is 386 g/mol. The van der Waals surface area contributed by atoms with Crippen LogP contribution in [0.2, 0.25) is 0 Å². The third-order valence-electron chi connectivity index (χ3n) is 5.98. The molecule has 1 saturated heterocycles. The number of rotatable bonds is 6. The Morgan fingerprint density at radius 1 is 1.29 bits per heavy atom. The van der Waals surface area contributed by atoms with E-state index in [1.807, 2.05) is 11.1 Å². The zero-order valence-electron chi connectivity index (χ0n) is 17.1. The van der Waals surface area contributed by atoms with E-state index in [4.69, 9.17) is 4.52 Å². The minimum atomic E-state index is 0.00561. The molecule has 1 fully saturated rings. The zero-order chi connectivity index (χ0) is 19.5. The van der Waals surface area contributed by atoms with E-state index in [0.29, 0.717) is 12.3 Å². The summed E-state index contributed by atoms with van der Waals surface area (Å²) in [6, 6.07) is 0. The van der Waals surface area contributed by atoms with Crippen LogP contribution in [-0.4, -0.2) is 64.1 Å². The summed E-state index contributed by atoms with van der Waals surface area (Å²) in [5.41, 5.74) is 2.03. The maximum absolute atomic E-state index is 13.1. The summed E-state index contributed by atoms with van der Waals surface area (Å²) in [7, 11) is 4.20. The first-order valence-electron chi connectivity index (χ1n) is 10.6. The van der Waals surface area contributed by atoms with Crippen LogP contribution in [0.5, 0.6) is 0 Å². The topological polar surface area (TPSA) is 67.4 Å². The Bertz CT molecular complexity index is 810. The highest BCUT2D eigenvalue weighted by Crippen LogP contribution is 2.29. The fourth-order valence-corrected chi connectivity index (χ4v) is 4.50. The number of hydrogen-bond acceptors (Lipinski definition) is 5. The summed E-state index contributed by atoms with van der Waals surface area (Å²) in [5.74, 6) is 1.87. The summed E-state index contributed by atoms with van der Waals surface area (Å²) in [6.45, 7) is 3.52. The van der Waals surface area contributed by atoms with Crippen molar-refractivity contribution >= 4 is 5.91 Å². The van der Waals surface area contributed by atoms with Gasteiger partial charge in [0, 0.05) is 43.5 Å². The standard InChI is InChI=1S/C21H31N5O2/c1-24(2)11-6-13-25-14-10-22-20(25)16-7-5-12-26(15-16)21(27)19-17-8-3-4-9-18(17)23-28-19/h10,14,16H,3-9,11-13,15H2,1-2H3/t16-/m1/s1. The van der Waals surface area contributed by atoms with Crippen LogP contribution >= 0.6 is 0 Å². The van der Waals surface area contributed by atoms with Crippen molar-refractivity contribution < 1.29 is 9.32 Å². The van der Waals surface area contributed by atoms with Gasteiger partial charge in [-0.1, -0.05) is 5.16 Å². The van der Waals surface area contributed by atoms with Crippen LogP contribution < -0.4 is 0 Å². The maximum atomic E-state index is 13.1. The SMILES string of the molecule is CN(C)CCCn1ccnc1[C@@H]1CCCN(C(=O)c2onc3c2CCCC3)C1. The lowest BCUT2D eigenvalue weighted by molar-refractivity contribution is 0.0659. The smallest absolute Gasteiger partial charge is 0.292 e. The Balaban J connectivity index is 1.44. The van der Waals surface area contributed by atoms with E-state index in [9.17, 15) is 4.79 Å². The quantitative estimate of drug-likeness (QED) is 0.765. The molecule has 1 aliphatic heterocycles. The van der Waals surface area contributed by atoms with Gasteiger partial charge >= 0.3 is 0 Å². The number of hydrogen-bond donors (Lipinski definition) is 0. The van der Waals surface area contributed by atoms with Gasteiger partial charge in [0.15, 0.2) is 0 Å². The number of fused-ring (bicyclic) bond motifs is 1. The van der Waals surface area contributed by atoms with Crippen LogP contribution in [0, 0.1) is 0 Å². The summed E-state index contributed by atoms with van der Waals surface area (Å²) in [6.07, 6.45) is 11.2. The van der Waals surface area contributed by atoms with Gasteiger partial charge in [-0.3, -0.25) is 4.79 Å². The third kappa shape index (κ3) is 3.99. The maximum Gasteiger partial charge on any atom is 0.292 e. The Morgan fingerprint density at radius 3 is 3.00 bits per heavy atom. The lowest BCUT2D eigenvalue weighted by atomic mass is 9.94. The number of aryl methyl sites for hydroxylation is 2. The summed E-state index contributed by atoms with van der Waals surface area (Å²) in [5, 5.41) is 4.16. The summed E-state index contributed by atoms with van der Waals surface area (Å²) < 4.78 is 7.75. The number of amides is 1. The van der Waals surface area contributed by atoms with E-state index in [0.717, 1.165) is 81.7 Å². The molecule has 2 aliphatic rings. The fourth-order valence-electron chi connectivity index (χ4n) is 4.50. The second kappa shape index (κ2) is 8.47. The molecule has 2 aromatic heterocycles. The molecule has 0 saturated carbocycles. The number of carbonyl (C=O) groups excluding carboxylic acids is 1. The third-order valence-corrected chi connectivity index (χ3v) is 5.98. The molecule has 1 atom stereocenters. The van der Waals surface area contributed by atoms with Gasteiger partial charge in [0.2, 0.25) is 5.76 Å². The van der Waals surface area contributed by atoms with Gasteiger partial charge in [0.1, 0.15) is 5.82 Å². The molecule has 2 aromatic rings. The molecule has 0 bridgehead atoms. The highest BCUT2D eigenvalue weighted by atomic mass is 16.5. The molecule has 0 aromatic carbocycles. The van der Waals surface area contributed by atoms with Crippen LogP contribution in [0.1, 0.15) is 65.7 Å². The zero-order valence-corrected chi connectivity index (χ0v) is 17.1. The number of nitrogens with zero attached hydrogens (tertiary/aromatic N) is 5. The normalized spacial score (nSPS) is 19.8. The number of aromatic nitrogens is 3. The van der Waals surface area contributed by atoms with E-state index in [1.165, 1.54) is 0 Å². The number of imidazole rings is 1. The predicted molar refractivity (Wildman–Crippen MR) is 106 cm³/mol. The molecule has 0 radical (unpaired) electrons. The molecule has 0 spiro atoms. The molecular formula is C21H31N5O2. The predicted octanol–water partition coefficient (Wildman–Crippen LogP) is 2.72. The lowest BCUT2D eigenvalue weighted by Gasteiger charge is -2.32. The second-order valence-electron chi connectivity index (χ2n) is 8.37. The van der Waals surface area contributed by atoms with Crippen molar-refractivity contribution in [3.8, 4) is 0 Å². The minimum Gasteiger partial charge on any atom is -0.350 e. The van der Waals surface area contributed by atoms with Crippen LogP contribution in [-0.2, 0) is 19.4 Å². The van der Waals surface area contributed by atoms with Crippen molar-refractivity contribution in [1.82, 2.24) is 24.5 Å². The average Bonchev–Trinajstić information content (AvgIpc) is 3.34. The first-order chi connectivity index (χ1) is 13.6. The van der Waals surface area contributed by atoms with Gasteiger partial charge < -0.3 is 18.9 Å². The molecule has 0 N–H and O–H groups in total. The lowest BCUT2D eigenvalue weighted by Crippen LogP contribution is -2.40. The van der Waals surface area contributed by atoms with Crippen molar-refractivity contribution in [2.24, 2.45) is 0 Å². The van der Waals surface area contributed by atoms with Crippen molar-refractivity contribution in [3.05, 3.63) is 35.2 Å². The monoisotopic (exact) mass is 385 g/mol. The Hall–Kier alpha value is -2.15. The van der Waals surface area contributed by atoms with E-state index in [1.54, 1.807) is 0 Å². The van der Waals surface area contributed by atoms with Gasteiger partial charge in [-0.2, -0.15) is 0 Å². The first-order valence-corrected chi connectivity index (χ1v) is 10.6. The Morgan fingerprint density at radius 2 is 2.14 bits per heavy atom. The number of carbonyl (C=O) groups is 1. The Kier molecular flexibility index (Phi) is 5.80. The van der Waals surface area contributed by atoms with Crippen molar-refractivity contribution in [2.75, 3.05) is 33.7 Å². The molecule has 7 nitrogen and oxygen atoms in total. The summed E-state index contributed by atoms with van der Waals surface area (Å²) >= 11 is 0. The van der Waals surface area contributed by atoms with E-state index < -0.39 is 0 Å². The van der Waals surface area contributed by atoms with Gasteiger partial charge in [-0.05, 0) is 65.6 Å². The molecule has 1 amide bonds. The van der Waals surface area contributed by atoms with Crippen molar-refractivity contribution in [3.63, 3.8) is 0 Å². The van der Waals surface area contributed by atoms with Crippen LogP contribution in [0.3, 0.4) is 0 Å². The fraction of sp³-hybridized carbons (Fsp3) is 0.667. The molecule has 152 valence electrons. The first kappa shape index (κ1) is 19.2. The van der Waals surface area contributed by atoms with E-state index in [2.05, 4.69) is 39.9 Å². The van der Waals surface area contributed by atoms with Gasteiger partial charge in [0.05, 0.1) is 5.69 Å². The molecule has 1 aliphatic carbocycles. The van der Waals surface area contributed by atoms with Crippen LogP contribution in [0.25, 0.3) is 0 Å². The van der Waals surface area contributed by atoms with E-state index >= 15 is 0 Å². The second-order valence-corrected chi connectivity index (χ2v) is 8.37. The Labute approximate surface area is 166 Å². The minimum absolute atomic E-state index is 0.00561. The van der Waals surface area contributed by atoms with Crippen LogP contribution in [0.4, 0.5) is 0 Å². The number of piperidine rings is 1. The highest BCUT2D eigenvalue weighted by Gasteiger charge is 2.32. The van der Waals surface area contributed by atoms with Gasteiger partial charge in [-0.25, -0.2) is 4.98 Å². The van der Waals surface area contributed by atoms with E-state index in [-0.39, 0.29) is 11.8 Å². The number of likely N-dealkylation sites (tertiary alicyclic amines) is 1. The molecule has 0 unspecified atom stereocenters. The van der Waals surface area contributed by atoms with Gasteiger partial charge in [-0.15, -0.1) is 0 Å². The molecule has 7 heteroatoms.